The van der Waals surface area contributed by atoms with Gasteiger partial charge >= 0.3 is 6.09 Å². The van der Waals surface area contributed by atoms with Gasteiger partial charge in [0.1, 0.15) is 11.5 Å². The minimum atomic E-state index is -0.299. The molecular weight excluding hydrogens is 360 g/mol. The second kappa shape index (κ2) is 9.63. The van der Waals surface area contributed by atoms with Crippen molar-refractivity contribution in [2.24, 2.45) is 0 Å². The zero-order chi connectivity index (χ0) is 19.8. The fraction of sp³-hybridized carbons (Fsp3) is 0.421. The van der Waals surface area contributed by atoms with E-state index in [2.05, 4.69) is 25.6 Å². The highest BCUT2D eigenvalue weighted by atomic mass is 16.6. The molecule has 0 atom stereocenters. The van der Waals surface area contributed by atoms with Crippen molar-refractivity contribution in [1.29, 1.82) is 0 Å². The van der Waals surface area contributed by atoms with Crippen LogP contribution in [0.1, 0.15) is 35.8 Å². The summed E-state index contributed by atoms with van der Waals surface area (Å²) in [7, 11) is 0. The molecule has 0 aromatic carbocycles. The SMILES string of the molecule is CCOC(=O)N1CCC(NC(=O)c2cnc(NCc3cccnc3)cn2)CC1. The van der Waals surface area contributed by atoms with E-state index in [9.17, 15) is 9.59 Å². The first kappa shape index (κ1) is 19.5. The first-order valence-corrected chi connectivity index (χ1v) is 9.33. The van der Waals surface area contributed by atoms with Gasteiger partial charge in [0.05, 0.1) is 19.0 Å². The lowest BCUT2D eigenvalue weighted by atomic mass is 10.1. The van der Waals surface area contributed by atoms with Gasteiger partial charge in [-0.25, -0.2) is 14.8 Å². The summed E-state index contributed by atoms with van der Waals surface area (Å²) >= 11 is 0. The number of hydrogen-bond donors (Lipinski definition) is 2. The number of rotatable bonds is 6. The van der Waals surface area contributed by atoms with Crippen LogP contribution in [0.4, 0.5) is 10.6 Å². The molecular formula is C19H24N6O3. The third-order valence-electron chi connectivity index (χ3n) is 4.44. The second-order valence-corrected chi connectivity index (χ2v) is 6.44. The van der Waals surface area contributed by atoms with Crippen molar-refractivity contribution >= 4 is 17.8 Å². The Morgan fingerprint density at radius 2 is 2.04 bits per heavy atom. The first-order chi connectivity index (χ1) is 13.7. The van der Waals surface area contributed by atoms with Crippen LogP contribution in [0.3, 0.4) is 0 Å². The Morgan fingerprint density at radius 1 is 1.21 bits per heavy atom. The van der Waals surface area contributed by atoms with Gasteiger partial charge in [-0.1, -0.05) is 6.07 Å². The van der Waals surface area contributed by atoms with Gasteiger partial charge < -0.3 is 20.3 Å². The van der Waals surface area contributed by atoms with E-state index in [-0.39, 0.29) is 23.7 Å². The van der Waals surface area contributed by atoms with E-state index in [1.54, 1.807) is 24.2 Å². The Balaban J connectivity index is 1.45. The molecule has 9 heteroatoms. The number of anilines is 1. The monoisotopic (exact) mass is 384 g/mol. The number of aromatic nitrogens is 3. The minimum absolute atomic E-state index is 0.00311. The number of carbonyl (C=O) groups is 2. The average molecular weight is 384 g/mol. The van der Waals surface area contributed by atoms with E-state index in [0.717, 1.165) is 5.56 Å². The first-order valence-electron chi connectivity index (χ1n) is 9.33. The summed E-state index contributed by atoms with van der Waals surface area (Å²) in [6.07, 6.45) is 7.55. The van der Waals surface area contributed by atoms with Crippen molar-refractivity contribution in [1.82, 2.24) is 25.2 Å². The summed E-state index contributed by atoms with van der Waals surface area (Å²) in [5.41, 5.74) is 1.29. The predicted octanol–water partition coefficient (Wildman–Crippen LogP) is 1.83. The Labute approximate surface area is 163 Å². The van der Waals surface area contributed by atoms with Crippen LogP contribution >= 0.6 is 0 Å². The van der Waals surface area contributed by atoms with Gasteiger partial charge in [-0.2, -0.15) is 0 Å². The lowest BCUT2D eigenvalue weighted by molar-refractivity contribution is 0.0856. The van der Waals surface area contributed by atoms with Gasteiger partial charge in [-0.3, -0.25) is 9.78 Å². The molecule has 0 unspecified atom stereocenters. The van der Waals surface area contributed by atoms with Gasteiger partial charge in [-0.15, -0.1) is 0 Å². The average Bonchev–Trinajstić information content (AvgIpc) is 2.74. The molecule has 148 valence electrons. The van der Waals surface area contributed by atoms with E-state index in [1.165, 1.54) is 12.4 Å². The summed E-state index contributed by atoms with van der Waals surface area (Å²) in [4.78, 5) is 38.2. The number of pyridine rings is 1. The maximum absolute atomic E-state index is 12.4. The van der Waals surface area contributed by atoms with E-state index in [4.69, 9.17) is 4.74 Å². The Bertz CT molecular complexity index is 776. The molecule has 3 rings (SSSR count). The highest BCUT2D eigenvalue weighted by Gasteiger charge is 2.25. The van der Waals surface area contributed by atoms with E-state index >= 15 is 0 Å². The largest absolute Gasteiger partial charge is 0.450 e. The predicted molar refractivity (Wildman–Crippen MR) is 103 cm³/mol. The molecule has 1 fully saturated rings. The molecule has 0 radical (unpaired) electrons. The van der Waals surface area contributed by atoms with Crippen molar-refractivity contribution in [2.75, 3.05) is 25.0 Å². The molecule has 2 aromatic heterocycles. The minimum Gasteiger partial charge on any atom is -0.450 e. The fourth-order valence-corrected chi connectivity index (χ4v) is 2.91. The van der Waals surface area contributed by atoms with Crippen molar-refractivity contribution in [3.05, 3.63) is 48.2 Å². The number of carbonyl (C=O) groups excluding carboxylic acids is 2. The highest BCUT2D eigenvalue weighted by Crippen LogP contribution is 2.12. The molecule has 0 spiro atoms. The molecule has 28 heavy (non-hydrogen) atoms. The zero-order valence-electron chi connectivity index (χ0n) is 15.8. The third kappa shape index (κ3) is 5.38. The van der Waals surface area contributed by atoms with E-state index < -0.39 is 0 Å². The molecule has 2 aromatic rings. The maximum Gasteiger partial charge on any atom is 0.409 e. The number of piperidine rings is 1. The van der Waals surface area contributed by atoms with Crippen molar-refractivity contribution in [3.63, 3.8) is 0 Å². The van der Waals surface area contributed by atoms with Crippen molar-refractivity contribution < 1.29 is 14.3 Å². The summed E-state index contributed by atoms with van der Waals surface area (Å²) in [6, 6.07) is 3.83. The third-order valence-corrected chi connectivity index (χ3v) is 4.44. The van der Waals surface area contributed by atoms with Crippen LogP contribution in [0.5, 0.6) is 0 Å². The number of likely N-dealkylation sites (tertiary alicyclic amines) is 1. The summed E-state index contributed by atoms with van der Waals surface area (Å²) in [5, 5.41) is 6.09. The zero-order valence-corrected chi connectivity index (χ0v) is 15.8. The molecule has 2 N–H and O–H groups in total. The van der Waals surface area contributed by atoms with Crippen LogP contribution in [-0.2, 0) is 11.3 Å². The lowest BCUT2D eigenvalue weighted by Crippen LogP contribution is -2.46. The van der Waals surface area contributed by atoms with Gasteiger partial charge in [0, 0.05) is 38.1 Å². The summed E-state index contributed by atoms with van der Waals surface area (Å²) in [6.45, 7) is 3.85. The number of nitrogens with one attached hydrogen (secondary N) is 2. The normalized spacial score (nSPS) is 14.4. The van der Waals surface area contributed by atoms with Crippen LogP contribution in [0.25, 0.3) is 0 Å². The molecule has 0 aliphatic carbocycles. The van der Waals surface area contributed by atoms with Crippen LogP contribution in [0.2, 0.25) is 0 Å². The lowest BCUT2D eigenvalue weighted by Gasteiger charge is -2.31. The Hall–Kier alpha value is -3.23. The molecule has 1 aliphatic heterocycles. The summed E-state index contributed by atoms with van der Waals surface area (Å²) in [5.74, 6) is 0.323. The Kier molecular flexibility index (Phi) is 6.72. The molecule has 3 heterocycles. The fourth-order valence-electron chi connectivity index (χ4n) is 2.91. The topological polar surface area (TPSA) is 109 Å². The molecule has 2 amide bonds. The molecule has 0 bridgehead atoms. The van der Waals surface area contributed by atoms with Crippen molar-refractivity contribution in [2.45, 2.75) is 32.4 Å². The van der Waals surface area contributed by atoms with Crippen LogP contribution in [-0.4, -0.2) is 57.6 Å². The number of nitrogens with zero attached hydrogens (tertiary/aromatic N) is 4. The highest BCUT2D eigenvalue weighted by molar-refractivity contribution is 5.92. The quantitative estimate of drug-likeness (QED) is 0.782. The number of hydrogen-bond acceptors (Lipinski definition) is 7. The van der Waals surface area contributed by atoms with Gasteiger partial charge in [0.25, 0.3) is 5.91 Å². The van der Waals surface area contributed by atoms with Crippen LogP contribution in [0.15, 0.2) is 36.9 Å². The van der Waals surface area contributed by atoms with Crippen LogP contribution < -0.4 is 10.6 Å². The van der Waals surface area contributed by atoms with Crippen LogP contribution in [0, 0.1) is 0 Å². The molecule has 9 nitrogen and oxygen atoms in total. The number of amides is 2. The van der Waals surface area contributed by atoms with E-state index in [0.29, 0.717) is 44.9 Å². The smallest absolute Gasteiger partial charge is 0.409 e. The standard InChI is InChI=1S/C19H24N6O3/c1-2-28-19(27)25-8-5-15(6-9-25)24-18(26)16-12-23-17(13-21-16)22-11-14-4-3-7-20-10-14/h3-4,7,10,12-13,15H,2,5-6,8-9,11H2,1H3,(H,22,23)(H,24,26). The summed E-state index contributed by atoms with van der Waals surface area (Å²) < 4.78 is 5.00. The van der Waals surface area contributed by atoms with E-state index in [1.807, 2.05) is 12.1 Å². The molecule has 0 saturated carbocycles. The van der Waals surface area contributed by atoms with Gasteiger partial charge in [-0.05, 0) is 31.4 Å². The number of ether oxygens (including phenoxy) is 1. The van der Waals surface area contributed by atoms with Crippen molar-refractivity contribution in [3.8, 4) is 0 Å². The molecule has 1 aliphatic rings. The second-order valence-electron chi connectivity index (χ2n) is 6.44. The maximum atomic E-state index is 12.4. The van der Waals surface area contributed by atoms with Gasteiger partial charge in [0.15, 0.2) is 0 Å². The Morgan fingerprint density at radius 3 is 2.68 bits per heavy atom. The molecule has 1 saturated heterocycles. The van der Waals surface area contributed by atoms with Gasteiger partial charge in [0.2, 0.25) is 0 Å².